The number of fused-ring (bicyclic) bond motifs is 2. The van der Waals surface area contributed by atoms with Gasteiger partial charge in [0.25, 0.3) is 0 Å². The molecule has 4 nitrogen and oxygen atoms in total. The predicted molar refractivity (Wildman–Crippen MR) is 100 cm³/mol. The summed E-state index contributed by atoms with van der Waals surface area (Å²) in [5, 5.41) is 0. The van der Waals surface area contributed by atoms with Crippen LogP contribution in [0.15, 0.2) is 22.8 Å². The highest BCUT2D eigenvalue weighted by molar-refractivity contribution is 5.93. The highest BCUT2D eigenvalue weighted by Gasteiger charge is 2.53. The molecule has 2 aliphatic carbocycles. The maximum absolute atomic E-state index is 12.4. The molecule has 26 heavy (non-hydrogen) atoms. The van der Waals surface area contributed by atoms with Crippen molar-refractivity contribution in [2.75, 3.05) is 6.61 Å². The molecule has 3 rings (SSSR count). The summed E-state index contributed by atoms with van der Waals surface area (Å²) in [4.78, 5) is 24.2. The summed E-state index contributed by atoms with van der Waals surface area (Å²) in [7, 11) is 0. The third-order valence-electron chi connectivity index (χ3n) is 6.38. The van der Waals surface area contributed by atoms with E-state index in [0.717, 1.165) is 36.8 Å². The van der Waals surface area contributed by atoms with E-state index in [1.807, 2.05) is 0 Å². The Morgan fingerprint density at radius 1 is 1.31 bits per heavy atom. The molecule has 0 amide bonds. The van der Waals surface area contributed by atoms with Crippen LogP contribution in [0.3, 0.4) is 0 Å². The molecule has 0 bridgehead atoms. The largest absolute Gasteiger partial charge is 0.462 e. The van der Waals surface area contributed by atoms with Gasteiger partial charge in [0, 0.05) is 18.4 Å². The zero-order valence-corrected chi connectivity index (χ0v) is 16.7. The molecule has 1 fully saturated rings. The van der Waals surface area contributed by atoms with Gasteiger partial charge in [-0.05, 0) is 68.8 Å². The quantitative estimate of drug-likeness (QED) is 0.537. The van der Waals surface area contributed by atoms with Gasteiger partial charge in [-0.3, -0.25) is 4.79 Å². The molecular weight excluding hydrogens is 328 g/mol. The van der Waals surface area contributed by atoms with E-state index in [9.17, 15) is 9.59 Å². The second-order valence-corrected chi connectivity index (χ2v) is 8.74. The number of cyclic esters (lactones) is 1. The minimum absolute atomic E-state index is 0.0786. The van der Waals surface area contributed by atoms with Gasteiger partial charge in [0.05, 0.1) is 0 Å². The van der Waals surface area contributed by atoms with E-state index in [1.54, 1.807) is 0 Å². The minimum Gasteiger partial charge on any atom is -0.462 e. The molecule has 0 radical (unpaired) electrons. The average Bonchev–Trinajstić information content (AvgIpc) is 3.22. The van der Waals surface area contributed by atoms with Crippen molar-refractivity contribution < 1.29 is 19.1 Å². The normalized spacial score (nSPS) is 34.0. The molecule has 0 aromatic carbocycles. The van der Waals surface area contributed by atoms with Gasteiger partial charge in [-0.1, -0.05) is 25.5 Å². The molecular formula is C22H32O4. The Kier molecular flexibility index (Phi) is 5.59. The van der Waals surface area contributed by atoms with Gasteiger partial charge >= 0.3 is 11.9 Å². The molecule has 4 heteroatoms. The molecule has 1 saturated carbocycles. The lowest BCUT2D eigenvalue weighted by Crippen LogP contribution is -2.36. The molecule has 144 valence electrons. The second kappa shape index (κ2) is 7.58. The highest BCUT2D eigenvalue weighted by atomic mass is 16.5. The zero-order chi connectivity index (χ0) is 19.0. The number of rotatable bonds is 5. The fourth-order valence-corrected chi connectivity index (χ4v) is 5.04. The lowest BCUT2D eigenvalue weighted by Gasteiger charge is -2.35. The smallest absolute Gasteiger partial charge is 0.334 e. The lowest BCUT2D eigenvalue weighted by molar-refractivity contribution is -0.150. The first-order valence-corrected chi connectivity index (χ1v) is 10.00. The molecule has 6 atom stereocenters. The maximum Gasteiger partial charge on any atom is 0.334 e. The summed E-state index contributed by atoms with van der Waals surface area (Å²) in [5.41, 5.74) is 3.35. The van der Waals surface area contributed by atoms with E-state index >= 15 is 0 Å². The minimum atomic E-state index is -0.232. The average molecular weight is 360 g/mol. The van der Waals surface area contributed by atoms with Crippen LogP contribution in [0, 0.1) is 29.6 Å². The van der Waals surface area contributed by atoms with Crippen molar-refractivity contribution in [2.24, 2.45) is 29.6 Å². The van der Waals surface area contributed by atoms with E-state index in [2.05, 4.69) is 33.8 Å². The van der Waals surface area contributed by atoms with Gasteiger partial charge < -0.3 is 9.47 Å². The Morgan fingerprint density at radius 2 is 2.04 bits per heavy atom. The first-order valence-electron chi connectivity index (χ1n) is 10.00. The van der Waals surface area contributed by atoms with Crippen LogP contribution in [0.2, 0.25) is 0 Å². The van der Waals surface area contributed by atoms with E-state index in [-0.39, 0.29) is 24.0 Å². The van der Waals surface area contributed by atoms with Crippen molar-refractivity contribution in [1.82, 2.24) is 0 Å². The lowest BCUT2D eigenvalue weighted by atomic mass is 9.73. The number of carbonyl (C=O) groups is 2. The van der Waals surface area contributed by atoms with Gasteiger partial charge in [-0.2, -0.15) is 0 Å². The third kappa shape index (κ3) is 3.89. The Hall–Kier alpha value is -1.58. The number of ether oxygens (including phenoxy) is 2. The number of allylic oxidation sites excluding steroid dienone is 2. The monoisotopic (exact) mass is 360 g/mol. The highest BCUT2D eigenvalue weighted by Crippen LogP contribution is 2.56. The molecule has 0 spiro atoms. The van der Waals surface area contributed by atoms with Gasteiger partial charge in [-0.15, -0.1) is 0 Å². The first-order chi connectivity index (χ1) is 12.3. The van der Waals surface area contributed by atoms with Crippen LogP contribution >= 0.6 is 0 Å². The molecule has 0 aromatic rings. The standard InChI is InChI=1S/C22H32O4/c1-12(2)7-6-8-13(3)20-18-11-25-22(24)21(18)17-10-16(17)14(4)9-19(20)26-15(5)23/h7,13-14,16-17,19-20H,6,8-11H2,1-5H3. The van der Waals surface area contributed by atoms with Crippen molar-refractivity contribution in [2.45, 2.75) is 66.4 Å². The van der Waals surface area contributed by atoms with Crippen LogP contribution < -0.4 is 0 Å². The van der Waals surface area contributed by atoms with Gasteiger partial charge in [0.15, 0.2) is 0 Å². The number of carbonyl (C=O) groups excluding carboxylic acids is 2. The molecule has 0 saturated heterocycles. The Balaban J connectivity index is 1.93. The van der Waals surface area contributed by atoms with Crippen LogP contribution in [0.1, 0.15) is 60.3 Å². The fraction of sp³-hybridized carbons (Fsp3) is 0.727. The summed E-state index contributed by atoms with van der Waals surface area (Å²) in [5.74, 6) is 1.39. The van der Waals surface area contributed by atoms with Gasteiger partial charge in [0.1, 0.15) is 12.7 Å². The van der Waals surface area contributed by atoms with E-state index in [1.165, 1.54) is 12.5 Å². The van der Waals surface area contributed by atoms with E-state index in [4.69, 9.17) is 9.47 Å². The first kappa shape index (κ1) is 19.2. The van der Waals surface area contributed by atoms with E-state index < -0.39 is 0 Å². The number of hydrogen-bond donors (Lipinski definition) is 0. The molecule has 6 unspecified atom stereocenters. The topological polar surface area (TPSA) is 52.6 Å². The van der Waals surface area contributed by atoms with Crippen LogP contribution in [0.4, 0.5) is 0 Å². The zero-order valence-electron chi connectivity index (χ0n) is 16.7. The third-order valence-corrected chi connectivity index (χ3v) is 6.38. The van der Waals surface area contributed by atoms with Gasteiger partial charge in [-0.25, -0.2) is 4.79 Å². The SMILES string of the molecule is CC(=O)OC1CC(C)C2CC2C2=C(COC2=O)C1C(C)CCC=C(C)C. The summed E-state index contributed by atoms with van der Waals surface area (Å²) >= 11 is 0. The molecule has 0 N–H and O–H groups in total. The number of hydrogen-bond acceptors (Lipinski definition) is 4. The molecule has 1 aliphatic heterocycles. The second-order valence-electron chi connectivity index (χ2n) is 8.74. The predicted octanol–water partition coefficient (Wildman–Crippen LogP) is 4.45. The Labute approximate surface area is 157 Å². The Bertz CT molecular complexity index is 641. The number of esters is 2. The van der Waals surface area contributed by atoms with E-state index in [0.29, 0.717) is 30.3 Å². The summed E-state index contributed by atoms with van der Waals surface area (Å²) in [6, 6.07) is 0. The van der Waals surface area contributed by atoms with Crippen molar-refractivity contribution in [3.8, 4) is 0 Å². The van der Waals surface area contributed by atoms with Crippen LogP contribution in [-0.2, 0) is 19.1 Å². The summed E-state index contributed by atoms with van der Waals surface area (Å²) in [6.07, 6.45) is 6.06. The fourth-order valence-electron chi connectivity index (χ4n) is 5.04. The maximum atomic E-state index is 12.4. The van der Waals surface area contributed by atoms with Gasteiger partial charge in [0.2, 0.25) is 0 Å². The summed E-state index contributed by atoms with van der Waals surface area (Å²) in [6.45, 7) is 10.5. The Morgan fingerprint density at radius 3 is 2.69 bits per heavy atom. The van der Waals surface area contributed by atoms with Crippen molar-refractivity contribution in [3.05, 3.63) is 22.8 Å². The molecule has 1 heterocycles. The van der Waals surface area contributed by atoms with Crippen molar-refractivity contribution >= 4 is 11.9 Å². The van der Waals surface area contributed by atoms with Crippen molar-refractivity contribution in [3.63, 3.8) is 0 Å². The molecule has 3 aliphatic rings. The summed E-state index contributed by atoms with van der Waals surface area (Å²) < 4.78 is 11.3. The molecule has 0 aromatic heterocycles. The van der Waals surface area contributed by atoms with Crippen LogP contribution in [0.25, 0.3) is 0 Å². The van der Waals surface area contributed by atoms with Crippen LogP contribution in [-0.4, -0.2) is 24.6 Å². The van der Waals surface area contributed by atoms with Crippen molar-refractivity contribution in [1.29, 1.82) is 0 Å². The van der Waals surface area contributed by atoms with Crippen LogP contribution in [0.5, 0.6) is 0 Å².